The summed E-state index contributed by atoms with van der Waals surface area (Å²) in [5.41, 5.74) is 6.74. The van der Waals surface area contributed by atoms with Gasteiger partial charge in [-0.2, -0.15) is 0 Å². The van der Waals surface area contributed by atoms with E-state index in [0.29, 0.717) is 5.92 Å². The van der Waals surface area contributed by atoms with Crippen LogP contribution in [0.25, 0.3) is 11.1 Å². The maximum absolute atomic E-state index is 6.01. The van der Waals surface area contributed by atoms with Gasteiger partial charge in [0.1, 0.15) is 0 Å². The highest BCUT2D eigenvalue weighted by Crippen LogP contribution is 2.35. The Morgan fingerprint density at radius 3 is 2.33 bits per heavy atom. The van der Waals surface area contributed by atoms with Crippen molar-refractivity contribution in [3.8, 4) is 11.1 Å². The molecule has 0 fully saturated rings. The Morgan fingerprint density at radius 2 is 1.58 bits per heavy atom. The number of benzene rings is 3. The van der Waals surface area contributed by atoms with E-state index >= 15 is 0 Å². The molecule has 0 spiro atoms. The molecule has 0 bridgehead atoms. The summed E-state index contributed by atoms with van der Waals surface area (Å²) in [6, 6.07) is 25.8. The fourth-order valence-electron chi connectivity index (χ4n) is 3.64. The number of hydrogen-bond acceptors (Lipinski definition) is 1. The van der Waals surface area contributed by atoms with E-state index < -0.39 is 0 Å². The molecule has 1 atom stereocenters. The largest absolute Gasteiger partial charge is 0.301 e. The molecule has 3 aromatic rings. The van der Waals surface area contributed by atoms with Crippen LogP contribution in [0.2, 0.25) is 5.02 Å². The van der Waals surface area contributed by atoms with E-state index in [4.69, 9.17) is 11.6 Å². The van der Waals surface area contributed by atoms with Crippen molar-refractivity contribution < 1.29 is 0 Å². The third-order valence-electron chi connectivity index (χ3n) is 4.83. The average Bonchev–Trinajstić information content (AvgIpc) is 2.62. The topological polar surface area (TPSA) is 3.24 Å². The summed E-state index contributed by atoms with van der Waals surface area (Å²) in [6.07, 6.45) is 0. The van der Waals surface area contributed by atoms with Gasteiger partial charge in [0.15, 0.2) is 0 Å². The monoisotopic (exact) mass is 333 g/mol. The first-order valence-corrected chi connectivity index (χ1v) is 8.71. The molecule has 24 heavy (non-hydrogen) atoms. The highest BCUT2D eigenvalue weighted by molar-refractivity contribution is 6.30. The third kappa shape index (κ3) is 2.98. The van der Waals surface area contributed by atoms with Crippen LogP contribution < -0.4 is 0 Å². The van der Waals surface area contributed by atoms with Crippen molar-refractivity contribution in [3.63, 3.8) is 0 Å². The van der Waals surface area contributed by atoms with Crippen LogP contribution in [-0.4, -0.2) is 18.5 Å². The lowest BCUT2D eigenvalue weighted by atomic mass is 9.83. The first-order valence-electron chi connectivity index (χ1n) is 8.33. The standard InChI is InChI=1S/C22H20ClN/c1-24-14-19-13-18(16-7-10-20(23)11-8-16)9-12-21(19)22(15-24)17-5-3-2-4-6-17/h2-13,22H,14-15H2,1H3/t22-/m1/s1. The van der Waals surface area contributed by atoms with Gasteiger partial charge in [-0.3, -0.25) is 0 Å². The minimum atomic E-state index is 0.444. The number of halogens is 1. The first kappa shape index (κ1) is 15.4. The Bertz CT molecular complexity index is 840. The number of fused-ring (bicyclic) bond motifs is 1. The van der Waals surface area contributed by atoms with Gasteiger partial charge in [0, 0.05) is 24.0 Å². The lowest BCUT2D eigenvalue weighted by Gasteiger charge is -2.33. The van der Waals surface area contributed by atoms with Gasteiger partial charge in [0.05, 0.1) is 0 Å². The van der Waals surface area contributed by atoms with Gasteiger partial charge in [-0.15, -0.1) is 0 Å². The quantitative estimate of drug-likeness (QED) is 0.591. The Balaban J connectivity index is 1.76. The zero-order valence-corrected chi connectivity index (χ0v) is 14.5. The molecule has 1 aliphatic rings. The molecule has 1 nitrogen and oxygen atoms in total. The summed E-state index contributed by atoms with van der Waals surface area (Å²) in [6.45, 7) is 2.07. The third-order valence-corrected chi connectivity index (χ3v) is 5.08. The lowest BCUT2D eigenvalue weighted by molar-refractivity contribution is 0.295. The highest BCUT2D eigenvalue weighted by atomic mass is 35.5. The number of rotatable bonds is 2. The van der Waals surface area contributed by atoms with Crippen LogP contribution in [0.3, 0.4) is 0 Å². The molecular formula is C22H20ClN. The summed E-state index contributed by atoms with van der Waals surface area (Å²) in [5, 5.41) is 0.778. The van der Waals surface area contributed by atoms with E-state index in [1.807, 2.05) is 12.1 Å². The summed E-state index contributed by atoms with van der Waals surface area (Å²) < 4.78 is 0. The van der Waals surface area contributed by atoms with Crippen LogP contribution >= 0.6 is 11.6 Å². The van der Waals surface area contributed by atoms with Crippen LogP contribution in [0.1, 0.15) is 22.6 Å². The molecule has 0 radical (unpaired) electrons. The lowest BCUT2D eigenvalue weighted by Crippen LogP contribution is -2.30. The zero-order valence-electron chi connectivity index (χ0n) is 13.7. The van der Waals surface area contributed by atoms with Crippen molar-refractivity contribution in [2.75, 3.05) is 13.6 Å². The fourth-order valence-corrected chi connectivity index (χ4v) is 3.77. The SMILES string of the molecule is CN1Cc2cc(-c3ccc(Cl)cc3)ccc2[C@@H](c2ccccc2)C1. The molecule has 1 heterocycles. The van der Waals surface area contributed by atoms with Crippen molar-refractivity contribution in [1.29, 1.82) is 0 Å². The molecule has 0 saturated carbocycles. The van der Waals surface area contributed by atoms with E-state index in [0.717, 1.165) is 18.1 Å². The van der Waals surface area contributed by atoms with Crippen LogP contribution in [0.5, 0.6) is 0 Å². The van der Waals surface area contributed by atoms with E-state index in [1.54, 1.807) is 0 Å². The van der Waals surface area contributed by atoms with Crippen molar-refractivity contribution in [2.24, 2.45) is 0 Å². The smallest absolute Gasteiger partial charge is 0.0406 e. The molecule has 120 valence electrons. The van der Waals surface area contributed by atoms with Crippen LogP contribution in [-0.2, 0) is 6.54 Å². The van der Waals surface area contributed by atoms with E-state index in [1.165, 1.54) is 27.8 Å². The van der Waals surface area contributed by atoms with Crippen LogP contribution in [0, 0.1) is 0 Å². The van der Waals surface area contributed by atoms with E-state index in [9.17, 15) is 0 Å². The predicted octanol–water partition coefficient (Wildman–Crippen LogP) is 5.58. The number of likely N-dealkylation sites (N-methyl/N-ethyl adjacent to an activating group) is 1. The molecule has 0 saturated heterocycles. The first-order chi connectivity index (χ1) is 11.7. The molecule has 0 aromatic heterocycles. The van der Waals surface area contributed by atoms with E-state index in [2.05, 4.69) is 72.6 Å². The second kappa shape index (κ2) is 6.43. The van der Waals surface area contributed by atoms with Gasteiger partial charge in [-0.25, -0.2) is 0 Å². The molecule has 2 heteroatoms. The Hall–Kier alpha value is -2.09. The number of hydrogen-bond donors (Lipinski definition) is 0. The molecular weight excluding hydrogens is 314 g/mol. The number of nitrogens with zero attached hydrogens (tertiary/aromatic N) is 1. The molecule has 1 aliphatic heterocycles. The molecule has 0 amide bonds. The van der Waals surface area contributed by atoms with Crippen molar-refractivity contribution in [3.05, 3.63) is 94.5 Å². The molecule has 3 aromatic carbocycles. The van der Waals surface area contributed by atoms with Crippen molar-refractivity contribution in [1.82, 2.24) is 4.90 Å². The van der Waals surface area contributed by atoms with Gasteiger partial charge in [-0.05, 0) is 53.1 Å². The van der Waals surface area contributed by atoms with Gasteiger partial charge in [-0.1, -0.05) is 66.2 Å². The zero-order chi connectivity index (χ0) is 16.5. The second-order valence-electron chi connectivity index (χ2n) is 6.58. The summed E-state index contributed by atoms with van der Waals surface area (Å²) >= 11 is 6.01. The van der Waals surface area contributed by atoms with Gasteiger partial charge >= 0.3 is 0 Å². The maximum atomic E-state index is 6.01. The normalized spacial score (nSPS) is 17.5. The highest BCUT2D eigenvalue weighted by Gasteiger charge is 2.24. The van der Waals surface area contributed by atoms with Crippen molar-refractivity contribution in [2.45, 2.75) is 12.5 Å². The molecule has 0 N–H and O–H groups in total. The minimum absolute atomic E-state index is 0.444. The Kier molecular flexibility index (Phi) is 4.13. The van der Waals surface area contributed by atoms with Gasteiger partial charge in [0.25, 0.3) is 0 Å². The molecule has 0 aliphatic carbocycles. The Labute approximate surface area is 148 Å². The maximum Gasteiger partial charge on any atom is 0.0406 e. The Morgan fingerprint density at radius 1 is 0.875 bits per heavy atom. The van der Waals surface area contributed by atoms with Crippen LogP contribution in [0.15, 0.2) is 72.8 Å². The van der Waals surface area contributed by atoms with Gasteiger partial charge < -0.3 is 4.90 Å². The molecule has 0 unspecified atom stereocenters. The summed E-state index contributed by atoms with van der Waals surface area (Å²) in [4.78, 5) is 2.41. The second-order valence-corrected chi connectivity index (χ2v) is 7.02. The fraction of sp³-hybridized carbons (Fsp3) is 0.182. The van der Waals surface area contributed by atoms with Gasteiger partial charge in [0.2, 0.25) is 0 Å². The summed E-state index contributed by atoms with van der Waals surface area (Å²) in [7, 11) is 2.20. The summed E-state index contributed by atoms with van der Waals surface area (Å²) in [5.74, 6) is 0.444. The minimum Gasteiger partial charge on any atom is -0.301 e. The predicted molar refractivity (Wildman–Crippen MR) is 102 cm³/mol. The molecule has 4 rings (SSSR count). The van der Waals surface area contributed by atoms with Crippen LogP contribution in [0.4, 0.5) is 0 Å². The van der Waals surface area contributed by atoms with Crippen molar-refractivity contribution >= 4 is 11.6 Å². The average molecular weight is 334 g/mol. The van der Waals surface area contributed by atoms with E-state index in [-0.39, 0.29) is 0 Å².